The molecule has 0 radical (unpaired) electrons. The van der Waals surface area contributed by atoms with Crippen molar-refractivity contribution in [2.45, 2.75) is 0 Å². The lowest BCUT2D eigenvalue weighted by molar-refractivity contribution is 0.592. The Kier molecular flexibility index (Phi) is 4.77. The number of benzene rings is 3. The van der Waals surface area contributed by atoms with Crippen LogP contribution in [0.2, 0.25) is 0 Å². The minimum Gasteiger partial charge on any atom is -0.315 e. The molecular formula is C23H19NOP+. The fraction of sp³-hybridized carbons (Fsp3) is 0. The van der Waals surface area contributed by atoms with Crippen molar-refractivity contribution in [3.63, 3.8) is 0 Å². The van der Waals surface area contributed by atoms with E-state index in [1.54, 1.807) is 6.20 Å². The average molecular weight is 356 g/mol. The molecule has 0 amide bonds. The second kappa shape index (κ2) is 7.51. The van der Waals surface area contributed by atoms with Gasteiger partial charge in [-0.25, -0.2) is 4.98 Å². The van der Waals surface area contributed by atoms with Gasteiger partial charge in [-0.1, -0.05) is 60.7 Å². The lowest BCUT2D eigenvalue weighted by atomic mass is 10.4. The highest BCUT2D eigenvalue weighted by Gasteiger charge is 2.49. The van der Waals surface area contributed by atoms with E-state index >= 15 is 0 Å². The van der Waals surface area contributed by atoms with Crippen LogP contribution >= 0.6 is 7.49 Å². The Hall–Kier alpha value is -2.96. The van der Waals surface area contributed by atoms with Crippen molar-refractivity contribution < 1.29 is 4.52 Å². The zero-order valence-corrected chi connectivity index (χ0v) is 15.2. The largest absolute Gasteiger partial charge is 0.315 e. The van der Waals surface area contributed by atoms with E-state index in [4.69, 9.17) is 4.52 Å². The third kappa shape index (κ3) is 3.12. The van der Waals surface area contributed by atoms with E-state index in [0.717, 1.165) is 0 Å². The first kappa shape index (κ1) is 16.5. The fourth-order valence-electron chi connectivity index (χ4n) is 3.06. The van der Waals surface area contributed by atoms with Gasteiger partial charge in [0.25, 0.3) is 13.4 Å². The first-order chi connectivity index (χ1) is 12.9. The Morgan fingerprint density at radius 1 is 0.500 bits per heavy atom. The van der Waals surface area contributed by atoms with E-state index in [2.05, 4.69) is 77.8 Å². The molecule has 1 aromatic heterocycles. The van der Waals surface area contributed by atoms with Crippen molar-refractivity contribution >= 4 is 23.4 Å². The fourth-order valence-corrected chi connectivity index (χ4v) is 6.44. The zero-order chi connectivity index (χ0) is 17.7. The number of hydrogen-bond donors (Lipinski definition) is 0. The third-order valence-corrected chi connectivity index (χ3v) is 7.76. The van der Waals surface area contributed by atoms with Crippen LogP contribution in [0.4, 0.5) is 0 Å². The third-order valence-electron chi connectivity index (χ3n) is 4.23. The summed E-state index contributed by atoms with van der Waals surface area (Å²) < 4.78 is 6.76. The molecule has 0 fully saturated rings. The Morgan fingerprint density at radius 2 is 0.923 bits per heavy atom. The monoisotopic (exact) mass is 356 g/mol. The smallest absolute Gasteiger partial charge is 0.289 e. The van der Waals surface area contributed by atoms with Crippen LogP contribution in [-0.4, -0.2) is 4.98 Å². The van der Waals surface area contributed by atoms with Crippen molar-refractivity contribution in [1.29, 1.82) is 0 Å². The summed E-state index contributed by atoms with van der Waals surface area (Å²) >= 11 is 0. The molecule has 0 saturated carbocycles. The van der Waals surface area contributed by atoms with Gasteiger partial charge in [-0.15, -0.1) is 0 Å². The van der Waals surface area contributed by atoms with E-state index in [0.29, 0.717) is 5.88 Å². The zero-order valence-electron chi connectivity index (χ0n) is 14.3. The molecule has 4 rings (SSSR count). The summed E-state index contributed by atoms with van der Waals surface area (Å²) in [6.07, 6.45) is 1.77. The second-order valence-electron chi connectivity index (χ2n) is 5.88. The molecule has 26 heavy (non-hydrogen) atoms. The molecule has 0 spiro atoms. The number of hydrogen-bond acceptors (Lipinski definition) is 2. The molecule has 0 N–H and O–H groups in total. The van der Waals surface area contributed by atoms with Gasteiger partial charge < -0.3 is 4.52 Å². The molecule has 0 aliphatic heterocycles. The van der Waals surface area contributed by atoms with Gasteiger partial charge >= 0.3 is 0 Å². The summed E-state index contributed by atoms with van der Waals surface area (Å²) in [5.74, 6) is 0.636. The van der Waals surface area contributed by atoms with Crippen molar-refractivity contribution in [2.24, 2.45) is 0 Å². The molecule has 0 aliphatic rings. The molecule has 0 saturated heterocycles. The van der Waals surface area contributed by atoms with Crippen LogP contribution in [0, 0.1) is 0 Å². The standard InChI is InChI=1S/C23H19NOP/c1-4-12-20(13-5-1)26(21-14-6-2-7-15-21,22-16-8-3-9-17-22)25-23-18-10-11-19-24-23/h1-19H/q+1. The predicted molar refractivity (Wildman–Crippen MR) is 110 cm³/mol. The maximum atomic E-state index is 6.76. The summed E-state index contributed by atoms with van der Waals surface area (Å²) in [6, 6.07) is 37.2. The van der Waals surface area contributed by atoms with Crippen molar-refractivity contribution in [3.05, 3.63) is 115 Å². The van der Waals surface area contributed by atoms with Crippen LogP contribution in [0.3, 0.4) is 0 Å². The van der Waals surface area contributed by atoms with E-state index in [1.807, 2.05) is 36.4 Å². The van der Waals surface area contributed by atoms with Gasteiger partial charge in [-0.3, -0.25) is 0 Å². The van der Waals surface area contributed by atoms with Gasteiger partial charge in [-0.2, -0.15) is 0 Å². The molecule has 126 valence electrons. The van der Waals surface area contributed by atoms with E-state index in [-0.39, 0.29) is 0 Å². The highest BCUT2D eigenvalue weighted by atomic mass is 31.2. The van der Waals surface area contributed by atoms with Crippen LogP contribution in [0.15, 0.2) is 115 Å². The predicted octanol–water partition coefficient (Wildman–Crippen LogP) is 4.37. The first-order valence-corrected chi connectivity index (χ1v) is 10.3. The average Bonchev–Trinajstić information content (AvgIpc) is 2.75. The Balaban J connectivity index is 2.00. The van der Waals surface area contributed by atoms with Crippen LogP contribution in [0.25, 0.3) is 0 Å². The summed E-state index contributed by atoms with van der Waals surface area (Å²) in [6.45, 7) is 0. The molecule has 0 aliphatic carbocycles. The van der Waals surface area contributed by atoms with Crippen molar-refractivity contribution in [1.82, 2.24) is 4.98 Å². The Bertz CT molecular complexity index is 848. The lowest BCUT2D eigenvalue weighted by Crippen LogP contribution is -2.35. The highest BCUT2D eigenvalue weighted by Crippen LogP contribution is 2.55. The van der Waals surface area contributed by atoms with Crippen molar-refractivity contribution in [3.8, 4) is 5.88 Å². The van der Waals surface area contributed by atoms with Gasteiger partial charge in [0.05, 0.1) is 0 Å². The quantitative estimate of drug-likeness (QED) is 0.496. The molecule has 0 atom stereocenters. The SMILES string of the molecule is c1ccc([P+](Oc2ccccn2)(c2ccccc2)c2ccccc2)cc1. The maximum Gasteiger partial charge on any atom is 0.289 e. The van der Waals surface area contributed by atoms with E-state index in [1.165, 1.54) is 15.9 Å². The first-order valence-electron chi connectivity index (χ1n) is 8.56. The molecule has 3 aromatic carbocycles. The van der Waals surface area contributed by atoms with Gasteiger partial charge in [0.15, 0.2) is 0 Å². The molecular weight excluding hydrogens is 337 g/mol. The van der Waals surface area contributed by atoms with Gasteiger partial charge in [0.1, 0.15) is 15.9 Å². The Morgan fingerprint density at radius 3 is 1.31 bits per heavy atom. The van der Waals surface area contributed by atoms with Gasteiger partial charge in [0, 0.05) is 12.3 Å². The normalized spacial score (nSPS) is 11.1. The van der Waals surface area contributed by atoms with Gasteiger partial charge in [0.2, 0.25) is 0 Å². The van der Waals surface area contributed by atoms with Crippen LogP contribution in [-0.2, 0) is 0 Å². The number of pyridine rings is 1. The summed E-state index contributed by atoms with van der Waals surface area (Å²) in [4.78, 5) is 4.45. The molecule has 3 heteroatoms. The van der Waals surface area contributed by atoms with Gasteiger partial charge in [-0.05, 0) is 42.5 Å². The summed E-state index contributed by atoms with van der Waals surface area (Å²) in [5, 5.41) is 3.51. The molecule has 1 heterocycles. The lowest BCUT2D eigenvalue weighted by Gasteiger charge is -2.25. The molecule has 0 unspecified atom stereocenters. The molecule has 4 aromatic rings. The number of rotatable bonds is 5. The van der Waals surface area contributed by atoms with Crippen LogP contribution in [0.1, 0.15) is 0 Å². The number of nitrogens with zero attached hydrogens (tertiary/aromatic N) is 1. The summed E-state index contributed by atoms with van der Waals surface area (Å²) in [7, 11) is -2.34. The highest BCUT2D eigenvalue weighted by molar-refractivity contribution is 7.92. The van der Waals surface area contributed by atoms with E-state index in [9.17, 15) is 0 Å². The number of aromatic nitrogens is 1. The van der Waals surface area contributed by atoms with E-state index < -0.39 is 7.49 Å². The topological polar surface area (TPSA) is 22.1 Å². The maximum absolute atomic E-state index is 6.76. The molecule has 0 bridgehead atoms. The minimum atomic E-state index is -2.34. The molecule has 2 nitrogen and oxygen atoms in total. The van der Waals surface area contributed by atoms with Crippen LogP contribution in [0.5, 0.6) is 5.88 Å². The van der Waals surface area contributed by atoms with Crippen molar-refractivity contribution in [2.75, 3.05) is 0 Å². The Labute approximate surface area is 154 Å². The minimum absolute atomic E-state index is 0.636. The van der Waals surface area contributed by atoms with Crippen LogP contribution < -0.4 is 20.4 Å². The second-order valence-corrected chi connectivity index (χ2v) is 8.83. The summed E-state index contributed by atoms with van der Waals surface area (Å²) in [5.41, 5.74) is 0.